The average Bonchev–Trinajstić information content (AvgIpc) is 3.81. The molecule has 9 atom stereocenters. The molecule has 0 aliphatic carbocycles. The summed E-state index contributed by atoms with van der Waals surface area (Å²) in [6, 6.07) is 2.37. The number of nitrogens with zero attached hydrogens (tertiary/aromatic N) is 3. The monoisotopic (exact) mass is 3150 g/mol. The fourth-order valence-corrected chi connectivity index (χ4v) is 19.9. The number of halogens is 2. The quantitative estimate of drug-likeness (QED) is 0.0477. The van der Waals surface area contributed by atoms with Gasteiger partial charge in [-0.15, -0.1) is 0 Å². The fourth-order valence-electron chi connectivity index (χ4n) is 5.54. The molecule has 2 fully saturated rings. The van der Waals surface area contributed by atoms with Crippen molar-refractivity contribution >= 4 is 118 Å². The van der Waals surface area contributed by atoms with E-state index in [9.17, 15) is 28.7 Å². The molecule has 79 heavy (non-hydrogen) atoms. The molecule has 0 bridgehead atoms. The molecule has 17 nitrogen and oxygen atoms in total. The third kappa shape index (κ3) is 49.8. The number of hydrogen-bond donors (Lipinski definition) is 6. The van der Waals surface area contributed by atoms with Crippen LogP contribution in [-0.2, 0) is 85.3 Å². The molecule has 2 aliphatic rings. The number of rotatable bonds is 21. The summed E-state index contributed by atoms with van der Waals surface area (Å²) in [4.78, 5) is 49.9. The SMILES string of the molecule is CC(C)SSCCCCO.S=S=S=S=S=S=S.[2H]C[C@H]1O[C@@H](n2ccc(=O)[nH]c2=O)[C@@H](F)C1O.[2H]C[C@H]1O[C@@H](n2ccc(=O)[nH]c2=O)[C@@H](F)C1OP(OCCCCSSC(C)C)N(C(C)C)C(C)C.[3H]OC.[3H]OC.[U].[U].[U].[U].[U].[U].[U].[U]. The molecule has 2 aromatic rings. The minimum Gasteiger partial charge on any atom is -0.400 e. The predicted octanol–water partition coefficient (Wildman–Crippen LogP) is 6.01. The molecule has 0 amide bonds. The second-order valence-electron chi connectivity index (χ2n) is 15.2. The minimum atomic E-state index is -1.81. The number of unbranched alkanes of at least 4 members (excludes halogenated alkanes) is 2. The van der Waals surface area contributed by atoms with Crippen LogP contribution in [0.2, 0.25) is 0 Å². The van der Waals surface area contributed by atoms with Crippen LogP contribution in [0.25, 0.3) is 0 Å². The summed E-state index contributed by atoms with van der Waals surface area (Å²) in [6.45, 7) is 17.1. The van der Waals surface area contributed by atoms with Crippen LogP contribution in [0.15, 0.2) is 43.7 Å². The molecule has 4 rings (SSSR count). The maximum absolute atomic E-state index is 15.6. The largest absolute Gasteiger partial charge is 0.400 e. The summed E-state index contributed by atoms with van der Waals surface area (Å²) in [7, 11) is 15.9. The number of nitrogens with one attached hydrogen (secondary N) is 2. The second kappa shape index (κ2) is 69.5. The van der Waals surface area contributed by atoms with Gasteiger partial charge in [0.25, 0.3) is 19.6 Å². The Labute approximate surface area is 702 Å². The van der Waals surface area contributed by atoms with E-state index in [4.69, 9.17) is 29.2 Å². The number of aliphatic hydroxyl groups excluding tert-OH is 4. The van der Waals surface area contributed by atoms with Gasteiger partial charge < -0.3 is 39.0 Å². The van der Waals surface area contributed by atoms with E-state index < -0.39 is 80.2 Å². The van der Waals surface area contributed by atoms with Gasteiger partial charge in [-0.2, -0.15) is 0 Å². The van der Waals surface area contributed by atoms with Crippen molar-refractivity contribution in [3.8, 4) is 0 Å². The molecule has 4 heterocycles. The minimum absolute atomic E-state index is 0. The van der Waals surface area contributed by atoms with Crippen molar-refractivity contribution in [1.29, 1.82) is 2.86 Å². The first-order chi connectivity index (χ1) is 35.6. The van der Waals surface area contributed by atoms with Gasteiger partial charge in [0, 0.05) is 398 Å². The van der Waals surface area contributed by atoms with E-state index in [0.717, 1.165) is 64.1 Å². The van der Waals surface area contributed by atoms with Gasteiger partial charge in [0.1, 0.15) is 12.2 Å². The number of aromatic amines is 2. The summed E-state index contributed by atoms with van der Waals surface area (Å²) in [6.07, 6.45) is -4.28. The number of ether oxygens (including phenoxy) is 2. The van der Waals surface area contributed by atoms with Crippen LogP contribution < -0.4 is 22.5 Å². The third-order valence-electron chi connectivity index (χ3n) is 8.36. The van der Waals surface area contributed by atoms with E-state index in [1.807, 2.05) is 75.9 Å². The van der Waals surface area contributed by atoms with Crippen LogP contribution in [-0.4, -0.2) is 145 Å². The molecular weight excluding hydrogens is 3070 g/mol. The number of H-pyrrole nitrogens is 2. The van der Waals surface area contributed by atoms with Gasteiger partial charge in [0.15, 0.2) is 24.8 Å². The summed E-state index contributed by atoms with van der Waals surface area (Å²) in [5, 5.41) is 26.2. The summed E-state index contributed by atoms with van der Waals surface area (Å²) in [5.74, 6) is 2.20. The van der Waals surface area contributed by atoms with Gasteiger partial charge >= 0.3 is 11.4 Å². The first-order valence-corrected chi connectivity index (χ1v) is 35.6. The van der Waals surface area contributed by atoms with E-state index in [1.54, 1.807) is 26.6 Å². The number of hydrogen-bond acceptors (Lipinski definition) is 19. The Morgan fingerprint density at radius 3 is 1.48 bits per heavy atom. The first-order valence-electron chi connectivity index (χ1n) is 24.0. The maximum Gasteiger partial charge on any atom is 0.330 e. The van der Waals surface area contributed by atoms with Crippen molar-refractivity contribution in [2.24, 2.45) is 0 Å². The van der Waals surface area contributed by atoms with Gasteiger partial charge in [0.2, 0.25) is 2.86 Å². The van der Waals surface area contributed by atoms with Gasteiger partial charge in [-0.05, 0) is 67.2 Å². The van der Waals surface area contributed by atoms with E-state index in [-0.39, 0.29) is 275 Å². The Hall–Kier alpha value is 8.65. The van der Waals surface area contributed by atoms with Crippen LogP contribution in [0.3, 0.4) is 0 Å². The molecule has 448 valence electrons. The van der Waals surface area contributed by atoms with Crippen LogP contribution in [0, 0.1) is 249 Å². The summed E-state index contributed by atoms with van der Waals surface area (Å²) in [5.41, 5.74) is -2.76. The summed E-state index contributed by atoms with van der Waals surface area (Å²) < 4.78 is 82.8. The van der Waals surface area contributed by atoms with Crippen molar-refractivity contribution in [1.82, 2.24) is 23.8 Å². The maximum atomic E-state index is 15.6. The van der Waals surface area contributed by atoms with E-state index in [2.05, 4.69) is 69.9 Å². The molecular formula is C40H74F2N5O12PS11U8. The molecule has 3 unspecified atom stereocenters. The topological polar surface area (TPSA) is 231 Å². The Bertz CT molecular complexity index is 2270. The molecule has 0 radical (unpaired) electrons. The van der Waals surface area contributed by atoms with Crippen LogP contribution in [0.1, 0.15) is 110 Å². The number of aromatic nitrogens is 4. The van der Waals surface area contributed by atoms with E-state index >= 15 is 4.39 Å². The van der Waals surface area contributed by atoms with Gasteiger partial charge in [-0.1, -0.05) is 70.9 Å². The molecule has 2 saturated heterocycles. The Morgan fingerprint density at radius 2 is 1.13 bits per heavy atom. The normalized spacial score (nSPS) is 20.0. The molecule has 0 spiro atoms. The zero-order valence-electron chi connectivity index (χ0n) is 49.3. The summed E-state index contributed by atoms with van der Waals surface area (Å²) >= 11 is 9.14. The zero-order chi connectivity index (χ0) is 57.5. The molecule has 2 aromatic heterocycles. The molecule has 39 heteroatoms. The Morgan fingerprint density at radius 1 is 0.722 bits per heavy atom. The predicted molar refractivity (Wildman–Crippen MR) is 311 cm³/mol. The van der Waals surface area contributed by atoms with Gasteiger partial charge in [0.05, 0.1) is 18.8 Å². The van der Waals surface area contributed by atoms with Crippen LogP contribution >= 0.6 is 51.7 Å². The second-order valence-corrected chi connectivity index (χ2v) is 31.5. The Kier molecular flexibility index (Phi) is 86.8. The van der Waals surface area contributed by atoms with Crippen molar-refractivity contribution < 1.29 is 299 Å². The van der Waals surface area contributed by atoms with Crippen molar-refractivity contribution in [3.63, 3.8) is 0 Å². The van der Waals surface area contributed by atoms with Crippen molar-refractivity contribution in [2.45, 2.75) is 167 Å². The molecule has 0 aromatic carbocycles. The van der Waals surface area contributed by atoms with Crippen LogP contribution in [0.4, 0.5) is 8.78 Å². The molecule has 0 saturated carbocycles. The molecule has 6 N–H and O–H groups in total. The standard InChI is InChI=1S/C22H39FN3O5PS2.C9H11FN2O4.C7H16OS2.2CH4O.S7.8U/c1-14(2)26(15(3)4)32(29-12-8-9-13-33-34-16(5)6)31-20-17(7)30-21(19(20)23)25-11-10-18(27)24-22(25)28;1-4-7(14)6(10)8(16-4)12-3-2-5(13)11-9(12)15;1-7(2)10-9-6-4-3-5-8;2*1-2;1-3-5-7-6-4-2;;;;;;;;/h10-11,14-17,19-21H,8-9,12-13H2,1-7H3,(H,24,27,28);2-4,6-8,14H,1H3,(H,11,13,15);7-8H,3-6H2,1-2H3;2*2H,1H3;;;;;;;;;/t17-,19+,20?,21-,32?;4-,6+,7?,8-;;;;;;;;;;;;/m11............/s1/i7D;1D;;2*2T;;;;;;;;;. The first kappa shape index (κ1) is 98.7. The Balaban J connectivity index is -0.000000116. The van der Waals surface area contributed by atoms with Gasteiger partial charge in [-0.25, -0.2) is 23.0 Å². The fraction of sp³-hybridized carbons (Fsp3) is 0.800. The zero-order valence-corrected chi connectivity index (χ0v) is 88.5. The van der Waals surface area contributed by atoms with E-state index in [1.165, 1.54) is 43.9 Å². The average molecular weight is 3150 g/mol. The number of aliphatic hydroxyl groups is 4. The number of alkyl halides is 2. The van der Waals surface area contributed by atoms with Crippen LogP contribution in [0.5, 0.6) is 0 Å². The van der Waals surface area contributed by atoms with Crippen molar-refractivity contribution in [3.05, 3.63) is 66.2 Å². The van der Waals surface area contributed by atoms with E-state index in [0.29, 0.717) is 18.5 Å². The van der Waals surface area contributed by atoms with Crippen molar-refractivity contribution in [2.75, 3.05) is 38.9 Å². The molecule has 2 aliphatic heterocycles. The van der Waals surface area contributed by atoms with Gasteiger partial charge in [-0.3, -0.25) is 28.7 Å². The third-order valence-corrected chi connectivity index (χ3v) is 25.5. The smallest absolute Gasteiger partial charge is 0.330 e.